The second-order valence-electron chi connectivity index (χ2n) is 4.55. The average Bonchev–Trinajstić information content (AvgIpc) is 2.77. The Balaban J connectivity index is 1.95. The van der Waals surface area contributed by atoms with Crippen LogP contribution in [0.4, 0.5) is 11.4 Å². The molecule has 0 saturated carbocycles. The highest BCUT2D eigenvalue weighted by Crippen LogP contribution is 2.25. The topological polar surface area (TPSA) is 72.2 Å². The van der Waals surface area contributed by atoms with Crippen LogP contribution in [0.15, 0.2) is 42.5 Å². The normalized spacial score (nSPS) is 12.9. The second-order valence-corrected chi connectivity index (χ2v) is 4.55. The van der Waals surface area contributed by atoms with Gasteiger partial charge in [0.25, 0.3) is 0 Å². The van der Waals surface area contributed by atoms with Gasteiger partial charge in [0.15, 0.2) is 5.78 Å². The Labute approximate surface area is 110 Å². The average molecular weight is 252 g/mol. The lowest BCUT2D eigenvalue weighted by molar-refractivity contribution is -0.115. The minimum absolute atomic E-state index is 0.0351. The number of carbonyl (C=O) groups is 2. The summed E-state index contributed by atoms with van der Waals surface area (Å²) in [5.74, 6) is -0.103. The summed E-state index contributed by atoms with van der Waals surface area (Å²) in [5, 5.41) is 2.74. The summed E-state index contributed by atoms with van der Waals surface area (Å²) in [6, 6.07) is 12.1. The van der Waals surface area contributed by atoms with Crippen molar-refractivity contribution in [2.75, 3.05) is 11.1 Å². The van der Waals surface area contributed by atoms with Crippen molar-refractivity contribution in [1.29, 1.82) is 0 Å². The van der Waals surface area contributed by atoms with E-state index >= 15 is 0 Å². The van der Waals surface area contributed by atoms with Gasteiger partial charge in [-0.05, 0) is 48.0 Å². The van der Waals surface area contributed by atoms with Crippen molar-refractivity contribution in [3.8, 4) is 0 Å². The quantitative estimate of drug-likeness (QED) is 0.634. The number of rotatable bonds is 2. The molecular weight excluding hydrogens is 240 g/mol. The van der Waals surface area contributed by atoms with Crippen molar-refractivity contribution >= 4 is 23.1 Å². The first-order valence-electron chi connectivity index (χ1n) is 5.96. The van der Waals surface area contributed by atoms with Crippen LogP contribution in [0.1, 0.15) is 21.5 Å². The molecule has 19 heavy (non-hydrogen) atoms. The fraction of sp³-hybridized carbons (Fsp3) is 0.0667. The Morgan fingerprint density at radius 1 is 1.05 bits per heavy atom. The summed E-state index contributed by atoms with van der Waals surface area (Å²) in [6.45, 7) is 0. The van der Waals surface area contributed by atoms with Crippen molar-refractivity contribution < 1.29 is 9.59 Å². The predicted octanol–water partition coefficient (Wildman–Crippen LogP) is 1.99. The molecule has 0 spiro atoms. The van der Waals surface area contributed by atoms with E-state index in [4.69, 9.17) is 5.73 Å². The van der Waals surface area contributed by atoms with E-state index in [0.717, 1.165) is 11.3 Å². The lowest BCUT2D eigenvalue weighted by atomic mass is 10.00. The molecule has 3 N–H and O–H groups in total. The van der Waals surface area contributed by atoms with E-state index < -0.39 is 0 Å². The highest BCUT2D eigenvalue weighted by Gasteiger charge is 2.19. The molecule has 1 aliphatic heterocycles. The molecule has 4 heteroatoms. The summed E-state index contributed by atoms with van der Waals surface area (Å²) in [6.07, 6.45) is 0.332. The van der Waals surface area contributed by atoms with Gasteiger partial charge in [-0.15, -0.1) is 0 Å². The third-order valence-corrected chi connectivity index (χ3v) is 3.17. The van der Waals surface area contributed by atoms with E-state index in [9.17, 15) is 9.59 Å². The maximum absolute atomic E-state index is 12.3. The van der Waals surface area contributed by atoms with Crippen LogP contribution >= 0.6 is 0 Å². The van der Waals surface area contributed by atoms with Crippen molar-refractivity contribution in [2.45, 2.75) is 6.42 Å². The first-order valence-corrected chi connectivity index (χ1v) is 5.96. The number of nitrogen functional groups attached to an aromatic ring is 1. The van der Waals surface area contributed by atoms with E-state index in [2.05, 4.69) is 5.32 Å². The van der Waals surface area contributed by atoms with Gasteiger partial charge in [-0.25, -0.2) is 0 Å². The fourth-order valence-corrected chi connectivity index (χ4v) is 2.17. The minimum atomic E-state index is -0.0675. The van der Waals surface area contributed by atoms with E-state index in [1.54, 1.807) is 42.5 Å². The zero-order valence-corrected chi connectivity index (χ0v) is 10.1. The first kappa shape index (κ1) is 11.5. The van der Waals surface area contributed by atoms with Crippen LogP contribution < -0.4 is 11.1 Å². The summed E-state index contributed by atoms with van der Waals surface area (Å²) in [5.41, 5.74) is 9.05. The van der Waals surface area contributed by atoms with Crippen LogP contribution in [0, 0.1) is 0 Å². The standard InChI is InChI=1S/C15H12N2O2/c16-12-4-1-9(2-5-12)15(19)10-3-6-13-11(7-10)8-14(18)17-13/h1-7H,8,16H2,(H,17,18). The van der Waals surface area contributed by atoms with Gasteiger partial charge in [0.1, 0.15) is 0 Å². The highest BCUT2D eigenvalue weighted by molar-refractivity contribution is 6.10. The predicted molar refractivity (Wildman–Crippen MR) is 73.1 cm³/mol. The van der Waals surface area contributed by atoms with Gasteiger partial charge >= 0.3 is 0 Å². The second kappa shape index (κ2) is 4.24. The lowest BCUT2D eigenvalue weighted by Crippen LogP contribution is -2.03. The smallest absolute Gasteiger partial charge is 0.228 e. The maximum Gasteiger partial charge on any atom is 0.228 e. The Morgan fingerprint density at radius 3 is 2.47 bits per heavy atom. The Morgan fingerprint density at radius 2 is 1.74 bits per heavy atom. The zero-order valence-electron chi connectivity index (χ0n) is 10.1. The van der Waals surface area contributed by atoms with Gasteiger partial charge in [-0.3, -0.25) is 9.59 Å². The molecule has 0 fully saturated rings. The summed E-state index contributed by atoms with van der Waals surface area (Å²) < 4.78 is 0. The molecule has 1 amide bonds. The maximum atomic E-state index is 12.3. The molecule has 2 aromatic carbocycles. The number of hydrogen-bond acceptors (Lipinski definition) is 3. The van der Waals surface area contributed by atoms with Gasteiger partial charge in [0.05, 0.1) is 6.42 Å². The number of hydrogen-bond donors (Lipinski definition) is 2. The molecule has 1 heterocycles. The molecule has 0 radical (unpaired) electrons. The molecule has 3 rings (SSSR count). The third kappa shape index (κ3) is 2.08. The van der Waals surface area contributed by atoms with E-state index in [-0.39, 0.29) is 11.7 Å². The van der Waals surface area contributed by atoms with Gasteiger partial charge < -0.3 is 11.1 Å². The number of anilines is 2. The summed E-state index contributed by atoms with van der Waals surface area (Å²) in [7, 11) is 0. The molecule has 0 atom stereocenters. The number of ketones is 1. The summed E-state index contributed by atoms with van der Waals surface area (Å²) in [4.78, 5) is 23.6. The molecule has 4 nitrogen and oxygen atoms in total. The molecule has 0 unspecified atom stereocenters. The van der Waals surface area contributed by atoms with Gasteiger partial charge in [0, 0.05) is 22.5 Å². The fourth-order valence-electron chi connectivity index (χ4n) is 2.17. The number of benzene rings is 2. The summed E-state index contributed by atoms with van der Waals surface area (Å²) >= 11 is 0. The SMILES string of the molecule is Nc1ccc(C(=O)c2ccc3c(c2)CC(=O)N3)cc1. The monoisotopic (exact) mass is 252 g/mol. The molecule has 0 saturated heterocycles. The van der Waals surface area contributed by atoms with Crippen LogP contribution in [0.5, 0.6) is 0 Å². The molecule has 2 aromatic rings. The molecule has 0 aromatic heterocycles. The number of nitrogens with two attached hydrogens (primary N) is 1. The van der Waals surface area contributed by atoms with Crippen molar-refractivity contribution in [3.63, 3.8) is 0 Å². The lowest BCUT2D eigenvalue weighted by Gasteiger charge is -2.04. The van der Waals surface area contributed by atoms with Crippen molar-refractivity contribution in [2.24, 2.45) is 0 Å². The molecule has 1 aliphatic rings. The Hall–Kier alpha value is -2.62. The third-order valence-electron chi connectivity index (χ3n) is 3.17. The highest BCUT2D eigenvalue weighted by atomic mass is 16.1. The molecule has 94 valence electrons. The van der Waals surface area contributed by atoms with Crippen LogP contribution in [0.25, 0.3) is 0 Å². The van der Waals surface area contributed by atoms with Gasteiger partial charge in [0.2, 0.25) is 5.91 Å². The zero-order chi connectivity index (χ0) is 13.4. The van der Waals surface area contributed by atoms with E-state index in [1.807, 2.05) is 0 Å². The molecular formula is C15H12N2O2. The van der Waals surface area contributed by atoms with Crippen LogP contribution in [-0.2, 0) is 11.2 Å². The Kier molecular flexibility index (Phi) is 2.56. The first-order chi connectivity index (χ1) is 9.13. The number of amides is 1. The largest absolute Gasteiger partial charge is 0.399 e. The molecule has 0 bridgehead atoms. The van der Waals surface area contributed by atoms with Crippen molar-refractivity contribution in [3.05, 3.63) is 59.2 Å². The van der Waals surface area contributed by atoms with Gasteiger partial charge in [-0.1, -0.05) is 0 Å². The van der Waals surface area contributed by atoms with Crippen molar-refractivity contribution in [1.82, 2.24) is 0 Å². The number of carbonyl (C=O) groups excluding carboxylic acids is 2. The van der Waals surface area contributed by atoms with E-state index in [1.165, 1.54) is 0 Å². The van der Waals surface area contributed by atoms with Gasteiger partial charge in [-0.2, -0.15) is 0 Å². The Bertz CT molecular complexity index is 675. The number of fused-ring (bicyclic) bond motifs is 1. The molecule has 0 aliphatic carbocycles. The van der Waals surface area contributed by atoms with Crippen LogP contribution in [0.2, 0.25) is 0 Å². The van der Waals surface area contributed by atoms with Crippen LogP contribution in [0.3, 0.4) is 0 Å². The van der Waals surface area contributed by atoms with Crippen LogP contribution in [-0.4, -0.2) is 11.7 Å². The number of nitrogens with one attached hydrogen (secondary N) is 1. The minimum Gasteiger partial charge on any atom is -0.399 e. The van der Waals surface area contributed by atoms with E-state index in [0.29, 0.717) is 23.2 Å².